The fourth-order valence-corrected chi connectivity index (χ4v) is 2.59. The minimum atomic E-state index is -0.522. The normalized spacial score (nSPS) is 18.9. The van der Waals surface area contributed by atoms with Gasteiger partial charge >= 0.3 is 0 Å². The Labute approximate surface area is 112 Å². The maximum absolute atomic E-state index is 11.0. The molecule has 0 radical (unpaired) electrons. The van der Waals surface area contributed by atoms with Gasteiger partial charge in [0.05, 0.1) is 5.69 Å². The summed E-state index contributed by atoms with van der Waals surface area (Å²) in [7, 11) is 1.70. The van der Waals surface area contributed by atoms with Crippen molar-refractivity contribution in [2.24, 2.45) is 10.4 Å². The van der Waals surface area contributed by atoms with E-state index in [1.165, 1.54) is 5.01 Å². The summed E-state index contributed by atoms with van der Waals surface area (Å²) in [6, 6.07) is 5.48. The van der Waals surface area contributed by atoms with E-state index in [-0.39, 0.29) is 0 Å². The summed E-state index contributed by atoms with van der Waals surface area (Å²) >= 11 is 9.48. The summed E-state index contributed by atoms with van der Waals surface area (Å²) in [6.07, 6.45) is 0.269. The second kappa shape index (κ2) is 5.01. The van der Waals surface area contributed by atoms with Crippen molar-refractivity contribution in [3.63, 3.8) is 0 Å². The van der Waals surface area contributed by atoms with Crippen molar-refractivity contribution in [2.75, 3.05) is 12.1 Å². The topological polar surface area (TPSA) is 48.3 Å². The molecule has 90 valence electrons. The fourth-order valence-electron chi connectivity index (χ4n) is 1.60. The molecule has 0 aliphatic carbocycles. The molecule has 0 aromatic heterocycles. The second-order valence-electron chi connectivity index (χ2n) is 3.52. The van der Waals surface area contributed by atoms with Crippen LogP contribution in [0.15, 0.2) is 28.6 Å². The first-order valence-corrected chi connectivity index (χ1v) is 6.41. The highest BCUT2D eigenvalue weighted by Gasteiger charge is 2.29. The second-order valence-corrected chi connectivity index (χ2v) is 4.49. The van der Waals surface area contributed by atoms with Gasteiger partial charge in [-0.3, -0.25) is 4.79 Å². The zero-order valence-electron chi connectivity index (χ0n) is 9.05. The monoisotopic (exact) mass is 316 g/mol. The molecule has 1 atom stereocenters. The first-order chi connectivity index (χ1) is 8.19. The van der Waals surface area contributed by atoms with Crippen LogP contribution in [0.4, 0.5) is 5.69 Å². The van der Waals surface area contributed by atoms with E-state index in [1.807, 2.05) is 12.1 Å². The Morgan fingerprint density at radius 3 is 2.94 bits per heavy atom. The van der Waals surface area contributed by atoms with Gasteiger partial charge < -0.3 is 0 Å². The molecule has 7 heteroatoms. The summed E-state index contributed by atoms with van der Waals surface area (Å²) in [6.45, 7) is 0. The molecule has 0 saturated heterocycles. The number of alkyl halides is 1. The predicted molar refractivity (Wildman–Crippen MR) is 69.0 cm³/mol. The van der Waals surface area contributed by atoms with Crippen molar-refractivity contribution >= 4 is 39.5 Å². The minimum Gasteiger partial charge on any atom is -0.299 e. The minimum absolute atomic E-state index is 0.522. The largest absolute Gasteiger partial charge is 0.299 e. The van der Waals surface area contributed by atoms with E-state index in [1.54, 1.807) is 18.1 Å². The Morgan fingerprint density at radius 1 is 1.53 bits per heavy atom. The first-order valence-electron chi connectivity index (χ1n) is 4.91. The number of carbonyl (C=O) groups excluding carboxylic acids is 1. The van der Waals surface area contributed by atoms with Crippen LogP contribution >= 0.6 is 27.5 Å². The van der Waals surface area contributed by atoms with Crippen LogP contribution in [0.1, 0.15) is 5.56 Å². The standard InChI is InChI=1S/C10H10BrClN4O/c1-15-10(6-17)16(14-13-15)9-4-2-3-8(12)7(9)5-11/h2-4,6,10H,5H2,1H3. The number of hydrogen-bond acceptors (Lipinski definition) is 5. The molecular weight excluding hydrogens is 307 g/mol. The van der Waals surface area contributed by atoms with Crippen LogP contribution in [0.3, 0.4) is 0 Å². The predicted octanol–water partition coefficient (Wildman–Crippen LogP) is 2.79. The molecule has 0 fully saturated rings. The van der Waals surface area contributed by atoms with Gasteiger partial charge in [-0.05, 0) is 17.4 Å². The Morgan fingerprint density at radius 2 is 2.29 bits per heavy atom. The van der Waals surface area contributed by atoms with Gasteiger partial charge in [0.25, 0.3) is 0 Å². The van der Waals surface area contributed by atoms with E-state index in [2.05, 4.69) is 26.4 Å². The zero-order chi connectivity index (χ0) is 12.4. The van der Waals surface area contributed by atoms with E-state index in [4.69, 9.17) is 11.6 Å². The summed E-state index contributed by atoms with van der Waals surface area (Å²) in [5.41, 5.74) is 1.66. The molecule has 1 aromatic carbocycles. The van der Waals surface area contributed by atoms with Crippen LogP contribution in [0, 0.1) is 0 Å². The van der Waals surface area contributed by atoms with Gasteiger partial charge in [-0.15, -0.1) is 0 Å². The third-order valence-electron chi connectivity index (χ3n) is 2.51. The van der Waals surface area contributed by atoms with Crippen LogP contribution in [0.5, 0.6) is 0 Å². The van der Waals surface area contributed by atoms with Crippen LogP contribution in [-0.4, -0.2) is 24.5 Å². The van der Waals surface area contributed by atoms with E-state index in [0.29, 0.717) is 10.4 Å². The third-order valence-corrected chi connectivity index (χ3v) is 3.42. The molecule has 0 amide bonds. The Balaban J connectivity index is 2.44. The van der Waals surface area contributed by atoms with Crippen molar-refractivity contribution < 1.29 is 4.79 Å². The maximum Gasteiger partial charge on any atom is 0.197 e. The molecule has 1 unspecified atom stereocenters. The van der Waals surface area contributed by atoms with Gasteiger partial charge in [0.1, 0.15) is 0 Å². The van der Waals surface area contributed by atoms with E-state index in [0.717, 1.165) is 17.5 Å². The molecule has 0 bridgehead atoms. The SMILES string of the molecule is CN1N=NN(c2cccc(Cl)c2CBr)C1C=O. The Kier molecular flexibility index (Phi) is 3.63. The highest BCUT2D eigenvalue weighted by molar-refractivity contribution is 9.08. The average Bonchev–Trinajstić information content (AvgIpc) is 2.69. The lowest BCUT2D eigenvalue weighted by Crippen LogP contribution is -2.38. The molecule has 1 aromatic rings. The number of carbonyl (C=O) groups is 1. The van der Waals surface area contributed by atoms with Crippen LogP contribution in [-0.2, 0) is 10.1 Å². The molecule has 17 heavy (non-hydrogen) atoms. The molecule has 5 nitrogen and oxygen atoms in total. The van der Waals surface area contributed by atoms with Crippen LogP contribution < -0.4 is 5.01 Å². The molecule has 1 heterocycles. The Hall–Kier alpha value is -1.14. The summed E-state index contributed by atoms with van der Waals surface area (Å²) < 4.78 is 0. The molecule has 1 aliphatic heterocycles. The highest BCUT2D eigenvalue weighted by atomic mass is 79.9. The van der Waals surface area contributed by atoms with E-state index in [9.17, 15) is 4.79 Å². The Bertz CT molecular complexity index is 468. The molecule has 1 aliphatic rings. The van der Waals surface area contributed by atoms with Gasteiger partial charge in [-0.25, -0.2) is 10.0 Å². The van der Waals surface area contributed by atoms with Crippen molar-refractivity contribution in [3.8, 4) is 0 Å². The van der Waals surface area contributed by atoms with Gasteiger partial charge in [-0.1, -0.05) is 38.8 Å². The number of benzene rings is 1. The average molecular weight is 318 g/mol. The lowest BCUT2D eigenvalue weighted by atomic mass is 10.2. The first kappa shape index (κ1) is 12.3. The number of anilines is 1. The lowest BCUT2D eigenvalue weighted by Gasteiger charge is -2.22. The van der Waals surface area contributed by atoms with Crippen molar-refractivity contribution in [2.45, 2.75) is 11.5 Å². The number of hydrogen-bond donors (Lipinski definition) is 0. The van der Waals surface area contributed by atoms with Gasteiger partial charge in [0, 0.05) is 23.0 Å². The molecule has 2 rings (SSSR count). The van der Waals surface area contributed by atoms with Crippen molar-refractivity contribution in [1.29, 1.82) is 0 Å². The summed E-state index contributed by atoms with van der Waals surface area (Å²) in [5.74, 6) is 0. The van der Waals surface area contributed by atoms with E-state index >= 15 is 0 Å². The fraction of sp³-hybridized carbons (Fsp3) is 0.300. The highest BCUT2D eigenvalue weighted by Crippen LogP contribution is 2.32. The summed E-state index contributed by atoms with van der Waals surface area (Å²) in [4.78, 5) is 11.0. The maximum atomic E-state index is 11.0. The lowest BCUT2D eigenvalue weighted by molar-refractivity contribution is -0.111. The molecule has 0 saturated carbocycles. The van der Waals surface area contributed by atoms with Gasteiger partial charge in [0.2, 0.25) is 0 Å². The molecule has 0 N–H and O–H groups in total. The number of aldehydes is 1. The van der Waals surface area contributed by atoms with Crippen molar-refractivity contribution in [1.82, 2.24) is 5.01 Å². The number of halogens is 2. The third kappa shape index (κ3) is 2.14. The van der Waals surface area contributed by atoms with Crippen molar-refractivity contribution in [3.05, 3.63) is 28.8 Å². The quantitative estimate of drug-likeness (QED) is 0.636. The number of nitrogens with zero attached hydrogens (tertiary/aromatic N) is 4. The smallest absolute Gasteiger partial charge is 0.197 e. The zero-order valence-corrected chi connectivity index (χ0v) is 11.4. The van der Waals surface area contributed by atoms with Gasteiger partial charge in [-0.2, -0.15) is 0 Å². The van der Waals surface area contributed by atoms with Crippen LogP contribution in [0.25, 0.3) is 0 Å². The number of likely N-dealkylation sites (N-methyl/N-ethyl adjacent to an activating group) is 1. The van der Waals surface area contributed by atoms with Crippen LogP contribution in [0.2, 0.25) is 5.02 Å². The molecule has 0 spiro atoms. The van der Waals surface area contributed by atoms with Gasteiger partial charge in [0.15, 0.2) is 12.5 Å². The summed E-state index contributed by atoms with van der Waals surface area (Å²) in [5, 5.41) is 12.1. The van der Waals surface area contributed by atoms with E-state index < -0.39 is 6.17 Å². The molecular formula is C10H10BrClN4O. The number of rotatable bonds is 3.